The Morgan fingerprint density at radius 3 is 2.09 bits per heavy atom. The highest BCUT2D eigenvalue weighted by molar-refractivity contribution is 6.22. The van der Waals surface area contributed by atoms with Gasteiger partial charge in [-0.1, -0.05) is 0 Å². The third-order valence-corrected chi connectivity index (χ3v) is 5.28. The van der Waals surface area contributed by atoms with Crippen LogP contribution in [0.1, 0.15) is 26.2 Å². The van der Waals surface area contributed by atoms with Gasteiger partial charge in [-0.25, -0.2) is 0 Å². The average Bonchev–Trinajstić information content (AvgIpc) is 3.14. The quantitative estimate of drug-likeness (QED) is 0.477. The van der Waals surface area contributed by atoms with Crippen LogP contribution in [0.15, 0.2) is 24.3 Å². The molecule has 2 aliphatic carbocycles. The van der Waals surface area contributed by atoms with Crippen molar-refractivity contribution in [3.8, 4) is 5.75 Å². The van der Waals surface area contributed by atoms with Crippen LogP contribution in [0.25, 0.3) is 0 Å². The van der Waals surface area contributed by atoms with Crippen LogP contribution in [0.3, 0.4) is 0 Å². The van der Waals surface area contributed by atoms with Crippen LogP contribution in [-0.4, -0.2) is 17.8 Å². The van der Waals surface area contributed by atoms with Crippen molar-refractivity contribution >= 4 is 23.5 Å². The van der Waals surface area contributed by atoms with Crippen molar-refractivity contribution in [2.24, 2.45) is 23.7 Å². The predicted molar refractivity (Wildman–Crippen MR) is 78.1 cm³/mol. The zero-order valence-electron chi connectivity index (χ0n) is 12.3. The number of nitrogens with zero attached hydrogens (tertiary/aromatic N) is 1. The predicted octanol–water partition coefficient (Wildman–Crippen LogP) is 2.15. The summed E-state index contributed by atoms with van der Waals surface area (Å²) in [5, 5.41) is 0. The number of fused-ring (bicyclic) bond motifs is 5. The van der Waals surface area contributed by atoms with Gasteiger partial charge in [-0.2, -0.15) is 0 Å². The Bertz CT molecular complexity index is 638. The summed E-state index contributed by atoms with van der Waals surface area (Å²) in [7, 11) is 0. The lowest BCUT2D eigenvalue weighted by Gasteiger charge is -2.19. The van der Waals surface area contributed by atoms with Gasteiger partial charge in [0.2, 0.25) is 11.8 Å². The van der Waals surface area contributed by atoms with E-state index in [9.17, 15) is 14.4 Å². The zero-order valence-corrected chi connectivity index (χ0v) is 12.3. The zero-order chi connectivity index (χ0) is 15.4. The van der Waals surface area contributed by atoms with Gasteiger partial charge >= 0.3 is 5.97 Å². The van der Waals surface area contributed by atoms with E-state index in [-0.39, 0.29) is 23.7 Å². The highest BCUT2D eigenvalue weighted by atomic mass is 16.5. The van der Waals surface area contributed by atoms with Gasteiger partial charge in [0.1, 0.15) is 5.75 Å². The third-order valence-electron chi connectivity index (χ3n) is 5.28. The number of esters is 1. The lowest BCUT2D eigenvalue weighted by atomic mass is 9.81. The largest absolute Gasteiger partial charge is 0.427 e. The summed E-state index contributed by atoms with van der Waals surface area (Å²) < 4.78 is 4.98. The van der Waals surface area contributed by atoms with Gasteiger partial charge in [0.15, 0.2) is 0 Å². The molecule has 2 saturated carbocycles. The highest BCUT2D eigenvalue weighted by Crippen LogP contribution is 2.56. The molecule has 1 saturated heterocycles. The van der Waals surface area contributed by atoms with E-state index in [2.05, 4.69) is 0 Å². The number of hydrogen-bond acceptors (Lipinski definition) is 4. The van der Waals surface area contributed by atoms with Crippen molar-refractivity contribution in [1.82, 2.24) is 0 Å². The molecule has 2 amide bonds. The van der Waals surface area contributed by atoms with E-state index in [0.29, 0.717) is 23.3 Å². The minimum atomic E-state index is -0.396. The van der Waals surface area contributed by atoms with E-state index in [4.69, 9.17) is 4.74 Å². The number of carbonyl (C=O) groups is 3. The molecule has 0 spiro atoms. The number of anilines is 1. The second-order valence-corrected chi connectivity index (χ2v) is 6.48. The molecule has 22 heavy (non-hydrogen) atoms. The average molecular weight is 299 g/mol. The number of ether oxygens (including phenoxy) is 1. The maximum absolute atomic E-state index is 12.7. The Morgan fingerprint density at radius 2 is 1.59 bits per heavy atom. The number of hydrogen-bond donors (Lipinski definition) is 0. The van der Waals surface area contributed by atoms with Gasteiger partial charge < -0.3 is 4.74 Å². The molecule has 114 valence electrons. The molecule has 1 heterocycles. The Morgan fingerprint density at radius 1 is 1.05 bits per heavy atom. The number of rotatable bonds is 2. The van der Waals surface area contributed by atoms with Crippen molar-refractivity contribution in [3.05, 3.63) is 24.3 Å². The normalized spacial score (nSPS) is 32.5. The highest BCUT2D eigenvalue weighted by Gasteiger charge is 2.61. The van der Waals surface area contributed by atoms with Crippen LogP contribution in [0.4, 0.5) is 5.69 Å². The van der Waals surface area contributed by atoms with Crippen LogP contribution >= 0.6 is 0 Å². The summed E-state index contributed by atoms with van der Waals surface area (Å²) in [4.78, 5) is 37.6. The third kappa shape index (κ3) is 1.81. The van der Waals surface area contributed by atoms with Crippen molar-refractivity contribution < 1.29 is 19.1 Å². The van der Waals surface area contributed by atoms with Crippen LogP contribution < -0.4 is 9.64 Å². The maximum atomic E-state index is 12.7. The van der Waals surface area contributed by atoms with Crippen LogP contribution in [0, 0.1) is 23.7 Å². The van der Waals surface area contributed by atoms with Crippen LogP contribution in [0.2, 0.25) is 0 Å². The monoisotopic (exact) mass is 299 g/mol. The molecule has 0 aromatic heterocycles. The van der Waals surface area contributed by atoms with Gasteiger partial charge in [-0.05, 0) is 55.4 Å². The molecule has 4 atom stereocenters. The Kier molecular flexibility index (Phi) is 2.86. The number of carbonyl (C=O) groups excluding carboxylic acids is 3. The molecule has 0 unspecified atom stereocenters. The Labute approximate surface area is 128 Å². The van der Waals surface area contributed by atoms with Crippen LogP contribution in [0.5, 0.6) is 5.75 Å². The number of amides is 2. The maximum Gasteiger partial charge on any atom is 0.308 e. The summed E-state index contributed by atoms with van der Waals surface area (Å²) in [5.41, 5.74) is 0.569. The number of benzene rings is 1. The Balaban J connectivity index is 1.62. The molecule has 4 rings (SSSR count). The van der Waals surface area contributed by atoms with E-state index >= 15 is 0 Å². The molecule has 3 aliphatic rings. The van der Waals surface area contributed by atoms with Gasteiger partial charge in [-0.15, -0.1) is 0 Å². The molecule has 1 aromatic carbocycles. The first kappa shape index (κ1) is 13.5. The molecule has 0 N–H and O–H groups in total. The molecular weight excluding hydrogens is 282 g/mol. The van der Waals surface area contributed by atoms with E-state index in [1.807, 2.05) is 0 Å². The molecule has 2 bridgehead atoms. The molecule has 0 radical (unpaired) electrons. The minimum absolute atomic E-state index is 0.0533. The topological polar surface area (TPSA) is 63.7 Å². The van der Waals surface area contributed by atoms with Crippen molar-refractivity contribution in [2.75, 3.05) is 4.90 Å². The van der Waals surface area contributed by atoms with E-state index in [1.165, 1.54) is 11.8 Å². The van der Waals surface area contributed by atoms with E-state index in [0.717, 1.165) is 19.3 Å². The van der Waals surface area contributed by atoms with Gasteiger partial charge in [0.05, 0.1) is 17.5 Å². The molecule has 5 nitrogen and oxygen atoms in total. The first-order chi connectivity index (χ1) is 10.6. The first-order valence-electron chi connectivity index (χ1n) is 7.72. The molecule has 1 aliphatic heterocycles. The second-order valence-electron chi connectivity index (χ2n) is 6.48. The fraction of sp³-hybridized carbons (Fsp3) is 0.471. The van der Waals surface area contributed by atoms with Crippen molar-refractivity contribution in [1.29, 1.82) is 0 Å². The summed E-state index contributed by atoms with van der Waals surface area (Å²) in [6, 6.07) is 6.55. The molecule has 3 fully saturated rings. The fourth-order valence-electron chi connectivity index (χ4n) is 4.49. The summed E-state index contributed by atoms with van der Waals surface area (Å²) in [6.45, 7) is 1.33. The smallest absolute Gasteiger partial charge is 0.308 e. The standard InChI is InChI=1S/C17H17NO4/c1-9(19)22-13-6-4-12(5-7-13)18-16(20)14-10-2-3-11(8-10)15(14)17(18)21/h4-7,10-11,14-15H,2-3,8H2,1H3/t10-,11-,14-,15-/m0/s1. The summed E-state index contributed by atoms with van der Waals surface area (Å²) in [5.74, 6) is 0.458. The lowest BCUT2D eigenvalue weighted by molar-refractivity contribution is -0.132. The first-order valence-corrected chi connectivity index (χ1v) is 7.72. The molecule has 1 aromatic rings. The molecule has 5 heteroatoms. The molecular formula is C17H17NO4. The summed E-state index contributed by atoms with van der Waals surface area (Å²) >= 11 is 0. The van der Waals surface area contributed by atoms with E-state index in [1.54, 1.807) is 24.3 Å². The van der Waals surface area contributed by atoms with Gasteiger partial charge in [0.25, 0.3) is 0 Å². The fourth-order valence-corrected chi connectivity index (χ4v) is 4.49. The lowest BCUT2D eigenvalue weighted by Crippen LogP contribution is -2.32. The SMILES string of the molecule is CC(=O)Oc1ccc(N2C(=O)[C@H]3[C@H]4CC[C@@H](C4)[C@@H]3C2=O)cc1. The summed E-state index contributed by atoms with van der Waals surface area (Å²) in [6.07, 6.45) is 3.18. The van der Waals surface area contributed by atoms with Gasteiger partial charge in [0, 0.05) is 6.92 Å². The van der Waals surface area contributed by atoms with Crippen LogP contribution in [-0.2, 0) is 14.4 Å². The second kappa shape index (κ2) is 4.66. The number of imide groups is 1. The Hall–Kier alpha value is -2.17. The van der Waals surface area contributed by atoms with Crippen molar-refractivity contribution in [3.63, 3.8) is 0 Å². The van der Waals surface area contributed by atoms with Crippen molar-refractivity contribution in [2.45, 2.75) is 26.2 Å². The van der Waals surface area contributed by atoms with E-state index < -0.39 is 5.97 Å². The van der Waals surface area contributed by atoms with Gasteiger partial charge in [-0.3, -0.25) is 19.3 Å². The minimum Gasteiger partial charge on any atom is -0.427 e.